The third-order valence-corrected chi connectivity index (χ3v) is 2.83. The number of rotatable bonds is 7. The molecule has 0 spiro atoms. The Balaban J connectivity index is 4.53. The molecule has 0 aromatic heterocycles. The van der Waals surface area contributed by atoms with Crippen LogP contribution in [-0.2, 0) is 9.59 Å². The van der Waals surface area contributed by atoms with Crippen LogP contribution in [0.15, 0.2) is 23.9 Å². The maximum Gasteiger partial charge on any atom is 0.269 e. The number of nitrogens with zero attached hydrogens (tertiary/aromatic N) is 1. The van der Waals surface area contributed by atoms with Gasteiger partial charge in [-0.05, 0) is 26.7 Å². The van der Waals surface area contributed by atoms with E-state index in [4.69, 9.17) is 0 Å². The van der Waals surface area contributed by atoms with Gasteiger partial charge in [-0.25, -0.2) is 0 Å². The van der Waals surface area contributed by atoms with E-state index in [1.165, 1.54) is 0 Å². The van der Waals surface area contributed by atoms with E-state index in [2.05, 4.69) is 11.9 Å². The molecule has 0 unspecified atom stereocenters. The predicted octanol–water partition coefficient (Wildman–Crippen LogP) is 2.23. The lowest BCUT2D eigenvalue weighted by atomic mass is 10.1. The summed E-state index contributed by atoms with van der Waals surface area (Å²) in [6.45, 7) is 12.6. The standard InChI is InChI=1S/C14H24N2O2/c1-6-12(7-2)10-13(17)15-11(5)14(18)16(8-3)9-4/h10H,5-9H2,1-4H3,(H,15,17). The van der Waals surface area contributed by atoms with Crippen molar-refractivity contribution in [2.45, 2.75) is 40.5 Å². The fraction of sp³-hybridized carbons (Fsp3) is 0.571. The molecule has 0 atom stereocenters. The largest absolute Gasteiger partial charge is 0.338 e. The minimum atomic E-state index is -0.279. The summed E-state index contributed by atoms with van der Waals surface area (Å²) in [6.07, 6.45) is 3.21. The number of likely N-dealkylation sites (N-methyl/N-ethyl adjacent to an activating group) is 1. The van der Waals surface area contributed by atoms with Crippen LogP contribution in [0.4, 0.5) is 0 Å². The number of amides is 2. The third kappa shape index (κ3) is 5.17. The van der Waals surface area contributed by atoms with E-state index in [1.54, 1.807) is 11.0 Å². The molecule has 102 valence electrons. The Labute approximate surface area is 110 Å². The first kappa shape index (κ1) is 16.4. The van der Waals surface area contributed by atoms with Gasteiger partial charge in [0, 0.05) is 19.2 Å². The van der Waals surface area contributed by atoms with Crippen LogP contribution in [0.3, 0.4) is 0 Å². The van der Waals surface area contributed by atoms with Crippen molar-refractivity contribution in [3.05, 3.63) is 23.9 Å². The highest BCUT2D eigenvalue weighted by molar-refractivity contribution is 5.99. The quantitative estimate of drug-likeness (QED) is 0.706. The van der Waals surface area contributed by atoms with E-state index in [0.29, 0.717) is 13.1 Å². The molecule has 0 rings (SSSR count). The van der Waals surface area contributed by atoms with Crippen molar-refractivity contribution in [2.75, 3.05) is 13.1 Å². The second-order valence-electron chi connectivity index (χ2n) is 3.95. The van der Waals surface area contributed by atoms with Gasteiger partial charge < -0.3 is 10.2 Å². The highest BCUT2D eigenvalue weighted by Crippen LogP contribution is 2.05. The second-order valence-corrected chi connectivity index (χ2v) is 3.95. The molecule has 0 saturated carbocycles. The van der Waals surface area contributed by atoms with Gasteiger partial charge in [0.2, 0.25) is 5.91 Å². The Morgan fingerprint density at radius 2 is 1.61 bits per heavy atom. The molecule has 0 aromatic carbocycles. The molecule has 0 heterocycles. The van der Waals surface area contributed by atoms with Crippen molar-refractivity contribution in [1.29, 1.82) is 0 Å². The monoisotopic (exact) mass is 252 g/mol. The lowest BCUT2D eigenvalue weighted by Crippen LogP contribution is -2.37. The van der Waals surface area contributed by atoms with Crippen LogP contribution in [0.1, 0.15) is 40.5 Å². The minimum Gasteiger partial charge on any atom is -0.338 e. The van der Waals surface area contributed by atoms with E-state index in [1.807, 2.05) is 27.7 Å². The average molecular weight is 252 g/mol. The van der Waals surface area contributed by atoms with Crippen LogP contribution in [-0.4, -0.2) is 29.8 Å². The van der Waals surface area contributed by atoms with Gasteiger partial charge in [-0.15, -0.1) is 0 Å². The maximum absolute atomic E-state index is 11.9. The van der Waals surface area contributed by atoms with Gasteiger partial charge in [0.05, 0.1) is 5.70 Å². The maximum atomic E-state index is 11.9. The van der Waals surface area contributed by atoms with E-state index in [0.717, 1.165) is 18.4 Å². The summed E-state index contributed by atoms with van der Waals surface area (Å²) in [5.74, 6) is -0.504. The van der Waals surface area contributed by atoms with Gasteiger partial charge in [0.15, 0.2) is 0 Å². The second kappa shape index (κ2) is 8.50. The zero-order valence-electron chi connectivity index (χ0n) is 11.9. The van der Waals surface area contributed by atoms with Crippen molar-refractivity contribution in [3.8, 4) is 0 Å². The molecule has 18 heavy (non-hydrogen) atoms. The Morgan fingerprint density at radius 3 is 2.00 bits per heavy atom. The molecule has 0 bridgehead atoms. The number of allylic oxidation sites excluding steroid dienone is 1. The highest BCUT2D eigenvalue weighted by atomic mass is 16.2. The Hall–Kier alpha value is -1.58. The summed E-state index contributed by atoms with van der Waals surface area (Å²) < 4.78 is 0. The Morgan fingerprint density at radius 1 is 1.11 bits per heavy atom. The lowest BCUT2D eigenvalue weighted by Gasteiger charge is -2.19. The highest BCUT2D eigenvalue weighted by Gasteiger charge is 2.14. The van der Waals surface area contributed by atoms with Crippen molar-refractivity contribution in [1.82, 2.24) is 10.2 Å². The minimum absolute atomic E-state index is 0.131. The molecule has 0 radical (unpaired) electrons. The summed E-state index contributed by atoms with van der Waals surface area (Å²) in [5.41, 5.74) is 1.18. The zero-order valence-corrected chi connectivity index (χ0v) is 11.9. The number of carbonyl (C=O) groups is 2. The topological polar surface area (TPSA) is 49.4 Å². The van der Waals surface area contributed by atoms with E-state index in [-0.39, 0.29) is 17.5 Å². The fourth-order valence-corrected chi connectivity index (χ4v) is 1.58. The van der Waals surface area contributed by atoms with E-state index in [9.17, 15) is 9.59 Å². The van der Waals surface area contributed by atoms with Crippen LogP contribution in [0, 0.1) is 0 Å². The fourth-order valence-electron chi connectivity index (χ4n) is 1.58. The third-order valence-electron chi connectivity index (χ3n) is 2.83. The van der Waals surface area contributed by atoms with Crippen LogP contribution in [0.2, 0.25) is 0 Å². The molecule has 0 aromatic rings. The normalized spacial score (nSPS) is 9.56. The first-order valence-electron chi connectivity index (χ1n) is 6.48. The molecular formula is C14H24N2O2. The Bertz CT molecular complexity index is 336. The summed E-state index contributed by atoms with van der Waals surface area (Å²) in [4.78, 5) is 25.1. The first-order valence-corrected chi connectivity index (χ1v) is 6.48. The molecular weight excluding hydrogens is 228 g/mol. The molecule has 1 N–H and O–H groups in total. The summed E-state index contributed by atoms with van der Waals surface area (Å²) in [5, 5.41) is 2.53. The smallest absolute Gasteiger partial charge is 0.269 e. The van der Waals surface area contributed by atoms with Crippen LogP contribution in [0.25, 0.3) is 0 Å². The van der Waals surface area contributed by atoms with Gasteiger partial charge in [-0.1, -0.05) is 26.0 Å². The number of carbonyl (C=O) groups excluding carboxylic acids is 2. The molecule has 0 aliphatic rings. The van der Waals surface area contributed by atoms with Crippen molar-refractivity contribution < 1.29 is 9.59 Å². The van der Waals surface area contributed by atoms with E-state index < -0.39 is 0 Å². The average Bonchev–Trinajstić information content (AvgIpc) is 2.37. The van der Waals surface area contributed by atoms with Crippen LogP contribution in [0.5, 0.6) is 0 Å². The van der Waals surface area contributed by atoms with Crippen molar-refractivity contribution >= 4 is 11.8 Å². The number of hydrogen-bond donors (Lipinski definition) is 1. The van der Waals surface area contributed by atoms with Crippen molar-refractivity contribution in [3.63, 3.8) is 0 Å². The van der Waals surface area contributed by atoms with Crippen LogP contribution < -0.4 is 5.32 Å². The van der Waals surface area contributed by atoms with Crippen LogP contribution >= 0.6 is 0 Å². The van der Waals surface area contributed by atoms with Gasteiger partial charge >= 0.3 is 0 Å². The molecule has 0 aliphatic heterocycles. The zero-order chi connectivity index (χ0) is 14.1. The van der Waals surface area contributed by atoms with Crippen molar-refractivity contribution in [2.24, 2.45) is 0 Å². The molecule has 2 amide bonds. The summed E-state index contributed by atoms with van der Waals surface area (Å²) in [6, 6.07) is 0. The number of hydrogen-bond acceptors (Lipinski definition) is 2. The van der Waals surface area contributed by atoms with Gasteiger partial charge in [0.1, 0.15) is 0 Å². The van der Waals surface area contributed by atoms with Gasteiger partial charge in [-0.2, -0.15) is 0 Å². The predicted molar refractivity (Wildman–Crippen MR) is 73.9 cm³/mol. The number of nitrogens with one attached hydrogen (secondary N) is 1. The van der Waals surface area contributed by atoms with E-state index >= 15 is 0 Å². The SMILES string of the molecule is C=C(NC(=O)C=C(CC)CC)C(=O)N(CC)CC. The van der Waals surface area contributed by atoms with Gasteiger partial charge in [0.25, 0.3) is 5.91 Å². The summed E-state index contributed by atoms with van der Waals surface area (Å²) in [7, 11) is 0. The Kier molecular flexibility index (Phi) is 7.76. The van der Waals surface area contributed by atoms with Gasteiger partial charge in [-0.3, -0.25) is 9.59 Å². The summed E-state index contributed by atoms with van der Waals surface area (Å²) >= 11 is 0. The lowest BCUT2D eigenvalue weighted by molar-refractivity contribution is -0.128. The molecule has 4 heteroatoms. The molecule has 0 fully saturated rings. The molecule has 0 aliphatic carbocycles. The molecule has 0 saturated heterocycles. The molecule has 4 nitrogen and oxygen atoms in total. The first-order chi connectivity index (χ1) is 8.49.